The Kier molecular flexibility index (Phi) is 4.56. The van der Waals surface area contributed by atoms with Gasteiger partial charge in [0.25, 0.3) is 0 Å². The van der Waals surface area contributed by atoms with Crippen molar-refractivity contribution in [1.29, 1.82) is 0 Å². The van der Waals surface area contributed by atoms with Crippen LogP contribution in [0.1, 0.15) is 27.7 Å². The Morgan fingerprint density at radius 2 is 1.93 bits per heavy atom. The van der Waals surface area contributed by atoms with Crippen LogP contribution in [0.15, 0.2) is 0 Å². The highest BCUT2D eigenvalue weighted by molar-refractivity contribution is 5.93. The lowest BCUT2D eigenvalue weighted by Gasteiger charge is -2.19. The van der Waals surface area contributed by atoms with Gasteiger partial charge in [0.15, 0.2) is 0 Å². The van der Waals surface area contributed by atoms with Gasteiger partial charge in [-0.25, -0.2) is 4.79 Å². The standard InChI is InChI=1S/C9H18N2O3/c1-6(5-10)7(12)11-8(13)14-9(2,3)4/h6H,5,10H2,1-4H3,(H,11,12,13). The van der Waals surface area contributed by atoms with Gasteiger partial charge in [-0.05, 0) is 20.8 Å². The SMILES string of the molecule is CC(CN)C(=O)NC(=O)OC(C)(C)C. The Balaban J connectivity index is 4.02. The van der Waals surface area contributed by atoms with Crippen LogP contribution in [0, 0.1) is 5.92 Å². The summed E-state index contributed by atoms with van der Waals surface area (Å²) in [5.41, 5.74) is 4.66. The summed E-state index contributed by atoms with van der Waals surface area (Å²) >= 11 is 0. The van der Waals surface area contributed by atoms with Gasteiger partial charge in [0.1, 0.15) is 5.60 Å². The van der Waals surface area contributed by atoms with Crippen LogP contribution in [-0.2, 0) is 9.53 Å². The number of alkyl carbamates (subject to hydrolysis) is 1. The van der Waals surface area contributed by atoms with Gasteiger partial charge in [0, 0.05) is 12.5 Å². The maximum atomic E-state index is 11.2. The first-order valence-electron chi connectivity index (χ1n) is 4.50. The highest BCUT2D eigenvalue weighted by Gasteiger charge is 2.20. The van der Waals surface area contributed by atoms with Crippen molar-refractivity contribution in [3.63, 3.8) is 0 Å². The summed E-state index contributed by atoms with van der Waals surface area (Å²) in [5.74, 6) is -0.802. The third kappa shape index (κ3) is 5.53. The van der Waals surface area contributed by atoms with Crippen molar-refractivity contribution in [2.75, 3.05) is 6.54 Å². The molecule has 0 spiro atoms. The number of hydrogen-bond donors (Lipinski definition) is 2. The van der Waals surface area contributed by atoms with Gasteiger partial charge >= 0.3 is 6.09 Å². The number of rotatable bonds is 2. The molecule has 5 nitrogen and oxygen atoms in total. The molecule has 0 aromatic carbocycles. The maximum absolute atomic E-state index is 11.2. The van der Waals surface area contributed by atoms with E-state index < -0.39 is 17.6 Å². The lowest BCUT2D eigenvalue weighted by Crippen LogP contribution is -2.40. The van der Waals surface area contributed by atoms with E-state index in [0.29, 0.717) is 0 Å². The fraction of sp³-hybridized carbons (Fsp3) is 0.778. The van der Waals surface area contributed by atoms with Gasteiger partial charge in [-0.15, -0.1) is 0 Å². The number of hydrogen-bond acceptors (Lipinski definition) is 4. The number of nitrogens with two attached hydrogens (primary N) is 1. The largest absolute Gasteiger partial charge is 0.444 e. The first kappa shape index (κ1) is 12.9. The molecular weight excluding hydrogens is 184 g/mol. The number of carbonyl (C=O) groups is 2. The number of nitrogens with one attached hydrogen (secondary N) is 1. The van der Waals surface area contributed by atoms with Crippen molar-refractivity contribution < 1.29 is 14.3 Å². The summed E-state index contributed by atoms with van der Waals surface area (Å²) in [6.07, 6.45) is -0.734. The van der Waals surface area contributed by atoms with Crippen LogP contribution in [0.5, 0.6) is 0 Å². The maximum Gasteiger partial charge on any atom is 0.414 e. The van der Waals surface area contributed by atoms with E-state index in [1.165, 1.54) is 0 Å². The number of ether oxygens (including phenoxy) is 1. The van der Waals surface area contributed by atoms with Gasteiger partial charge < -0.3 is 10.5 Å². The molecule has 1 atom stereocenters. The van der Waals surface area contributed by atoms with Crippen LogP contribution in [0.25, 0.3) is 0 Å². The van der Waals surface area contributed by atoms with Gasteiger partial charge in [0.2, 0.25) is 5.91 Å². The highest BCUT2D eigenvalue weighted by atomic mass is 16.6. The van der Waals surface area contributed by atoms with Gasteiger partial charge in [-0.1, -0.05) is 6.92 Å². The van der Waals surface area contributed by atoms with E-state index in [0.717, 1.165) is 0 Å². The van der Waals surface area contributed by atoms with Crippen molar-refractivity contribution in [3.05, 3.63) is 0 Å². The summed E-state index contributed by atoms with van der Waals surface area (Å²) in [6.45, 7) is 7.02. The Morgan fingerprint density at radius 3 is 2.29 bits per heavy atom. The molecule has 82 valence electrons. The molecule has 0 aliphatic carbocycles. The van der Waals surface area contributed by atoms with Crippen molar-refractivity contribution in [2.24, 2.45) is 11.7 Å². The van der Waals surface area contributed by atoms with Crippen molar-refractivity contribution in [2.45, 2.75) is 33.3 Å². The zero-order valence-electron chi connectivity index (χ0n) is 9.09. The van der Waals surface area contributed by atoms with Gasteiger partial charge in [0.05, 0.1) is 0 Å². The van der Waals surface area contributed by atoms with Crippen LogP contribution in [0.4, 0.5) is 4.79 Å². The van der Waals surface area contributed by atoms with Crippen molar-refractivity contribution in [1.82, 2.24) is 5.32 Å². The molecule has 0 aliphatic heterocycles. The third-order valence-electron chi connectivity index (χ3n) is 1.43. The molecule has 0 bridgehead atoms. The molecule has 0 aromatic heterocycles. The number of amides is 2. The summed E-state index contributed by atoms with van der Waals surface area (Å²) in [5, 5.41) is 2.11. The van der Waals surface area contributed by atoms with E-state index in [4.69, 9.17) is 10.5 Å². The second-order valence-electron chi connectivity index (χ2n) is 4.13. The highest BCUT2D eigenvalue weighted by Crippen LogP contribution is 2.06. The van der Waals surface area contributed by atoms with E-state index in [1.54, 1.807) is 27.7 Å². The smallest absolute Gasteiger partial charge is 0.414 e. The van der Waals surface area contributed by atoms with Crippen LogP contribution in [0.2, 0.25) is 0 Å². The number of carbonyl (C=O) groups excluding carboxylic acids is 2. The molecule has 0 radical (unpaired) electrons. The normalized spacial score (nSPS) is 13.2. The lowest BCUT2D eigenvalue weighted by atomic mass is 10.2. The topological polar surface area (TPSA) is 81.4 Å². The summed E-state index contributed by atoms with van der Waals surface area (Å²) < 4.78 is 4.89. The second-order valence-corrected chi connectivity index (χ2v) is 4.13. The first-order valence-corrected chi connectivity index (χ1v) is 4.50. The molecule has 0 rings (SSSR count). The summed E-state index contributed by atoms with van der Waals surface area (Å²) in [4.78, 5) is 22.3. The first-order chi connectivity index (χ1) is 6.26. The fourth-order valence-corrected chi connectivity index (χ4v) is 0.634. The minimum absolute atomic E-state index is 0.203. The van der Waals surface area contributed by atoms with E-state index in [-0.39, 0.29) is 12.5 Å². The van der Waals surface area contributed by atoms with E-state index in [2.05, 4.69) is 5.32 Å². The van der Waals surface area contributed by atoms with E-state index in [1.807, 2.05) is 0 Å². The molecule has 1 unspecified atom stereocenters. The molecule has 0 aliphatic rings. The average Bonchev–Trinajstić information content (AvgIpc) is 1.99. The third-order valence-corrected chi connectivity index (χ3v) is 1.43. The molecule has 3 N–H and O–H groups in total. The summed E-state index contributed by atoms with van der Waals surface area (Å²) in [7, 11) is 0. The molecule has 0 heterocycles. The minimum atomic E-state index is -0.734. The van der Waals surface area contributed by atoms with Crippen LogP contribution in [-0.4, -0.2) is 24.1 Å². The molecule has 14 heavy (non-hydrogen) atoms. The van der Waals surface area contributed by atoms with Crippen molar-refractivity contribution >= 4 is 12.0 Å². The minimum Gasteiger partial charge on any atom is -0.444 e. The monoisotopic (exact) mass is 202 g/mol. The van der Waals surface area contributed by atoms with E-state index in [9.17, 15) is 9.59 Å². The molecular formula is C9H18N2O3. The van der Waals surface area contributed by atoms with Crippen LogP contribution < -0.4 is 11.1 Å². The molecule has 0 aromatic rings. The Morgan fingerprint density at radius 1 is 1.43 bits per heavy atom. The predicted molar refractivity (Wildman–Crippen MR) is 52.6 cm³/mol. The van der Waals surface area contributed by atoms with E-state index >= 15 is 0 Å². The predicted octanol–water partition coefficient (Wildman–Crippen LogP) is 0.633. The molecule has 0 saturated heterocycles. The fourth-order valence-electron chi connectivity index (χ4n) is 0.634. The number of imide groups is 1. The zero-order valence-corrected chi connectivity index (χ0v) is 9.09. The van der Waals surface area contributed by atoms with Crippen LogP contribution in [0.3, 0.4) is 0 Å². The molecule has 5 heteroatoms. The quantitative estimate of drug-likeness (QED) is 0.688. The van der Waals surface area contributed by atoms with Gasteiger partial charge in [-0.2, -0.15) is 0 Å². The lowest BCUT2D eigenvalue weighted by molar-refractivity contribution is -0.123. The van der Waals surface area contributed by atoms with Gasteiger partial charge in [-0.3, -0.25) is 10.1 Å². The Hall–Kier alpha value is -1.10. The average molecular weight is 202 g/mol. The summed E-state index contributed by atoms with van der Waals surface area (Å²) in [6, 6.07) is 0. The van der Waals surface area contributed by atoms with Crippen LogP contribution >= 0.6 is 0 Å². The molecule has 2 amide bonds. The molecule has 0 fully saturated rings. The van der Waals surface area contributed by atoms with Crippen molar-refractivity contribution in [3.8, 4) is 0 Å². The second kappa shape index (κ2) is 4.95. The Bertz CT molecular complexity index is 221. The Labute approximate surface area is 84.0 Å². The molecule has 0 saturated carbocycles. The zero-order chi connectivity index (χ0) is 11.4.